The first-order valence-electron chi connectivity index (χ1n) is 12.1. The molecule has 6 rings (SSSR count). The van der Waals surface area contributed by atoms with Crippen LogP contribution in [0.15, 0.2) is 101 Å². The molecule has 40 heavy (non-hydrogen) atoms. The third kappa shape index (κ3) is 4.51. The summed E-state index contributed by atoms with van der Waals surface area (Å²) in [6.45, 7) is 8.03. The molecule has 0 spiro atoms. The lowest BCUT2D eigenvalue weighted by atomic mass is 10.1. The van der Waals surface area contributed by atoms with Gasteiger partial charge >= 0.3 is 0 Å². The minimum Gasteiger partial charge on any atom is -0.385 e. The highest BCUT2D eigenvalue weighted by atomic mass is 32.2. The minimum atomic E-state index is 0.507. The predicted molar refractivity (Wildman–Crippen MR) is 162 cm³/mol. The number of aromatic nitrogens is 7. The number of hydrogen-bond donors (Lipinski definition) is 4. The molecule has 0 aliphatic carbocycles. The Balaban J connectivity index is 1.36. The third-order valence-electron chi connectivity index (χ3n) is 6.22. The number of rotatable bonds is 8. The number of nitrogens with two attached hydrogens (primary N) is 2. The number of fused-ring (bicyclic) bond motifs is 1. The Morgan fingerprint density at radius 3 is 1.55 bits per heavy atom. The van der Waals surface area contributed by atoms with E-state index in [1.807, 2.05) is 36.4 Å². The molecule has 6 heterocycles. The standard InChI is InChI=1S/C29H23N9S2/c1-3-16-22(20-9-5-7-11-33-20)24(30)37-28(16)39-26-18-13-32-14-19(18)27(36-15-35-26)40-29-17(4-2)23(25(31)38-29)21-10-6-8-12-34-21/h3-15,37-38H,1-2,30-31H2. The lowest BCUT2D eigenvalue weighted by molar-refractivity contribution is 1.06. The van der Waals surface area contributed by atoms with Crippen LogP contribution in [0.2, 0.25) is 0 Å². The fourth-order valence-electron chi connectivity index (χ4n) is 4.44. The second-order valence-corrected chi connectivity index (χ2v) is 10.6. The molecule has 0 unspecified atom stereocenters. The van der Waals surface area contributed by atoms with Gasteiger partial charge in [0, 0.05) is 47.0 Å². The molecule has 4 aromatic rings. The van der Waals surface area contributed by atoms with Crippen LogP contribution in [0.25, 0.3) is 45.8 Å². The number of hydrogen-bond acceptors (Lipinski definition) is 9. The summed E-state index contributed by atoms with van der Waals surface area (Å²) < 4.78 is 0. The van der Waals surface area contributed by atoms with Crippen LogP contribution in [0, 0.1) is 0 Å². The maximum Gasteiger partial charge on any atom is 0.118 e. The van der Waals surface area contributed by atoms with Crippen LogP contribution in [-0.2, 0) is 0 Å². The highest BCUT2D eigenvalue weighted by Gasteiger charge is 2.23. The summed E-state index contributed by atoms with van der Waals surface area (Å²) in [7, 11) is 0. The zero-order chi connectivity index (χ0) is 27.6. The maximum atomic E-state index is 6.38. The number of anilines is 2. The van der Waals surface area contributed by atoms with Crippen molar-refractivity contribution >= 4 is 47.3 Å². The molecule has 2 aliphatic rings. The smallest absolute Gasteiger partial charge is 0.118 e. The molecule has 0 bridgehead atoms. The average Bonchev–Trinajstić information content (AvgIpc) is 3.64. The number of nitrogen functional groups attached to an aromatic ring is 2. The van der Waals surface area contributed by atoms with Gasteiger partial charge in [0.2, 0.25) is 0 Å². The van der Waals surface area contributed by atoms with Crippen LogP contribution in [0.4, 0.5) is 11.6 Å². The molecule has 2 aliphatic heterocycles. The summed E-state index contributed by atoms with van der Waals surface area (Å²) >= 11 is 2.87. The van der Waals surface area contributed by atoms with Crippen LogP contribution < -0.4 is 11.5 Å². The highest BCUT2D eigenvalue weighted by Crippen LogP contribution is 2.45. The van der Waals surface area contributed by atoms with E-state index in [0.29, 0.717) is 21.7 Å². The number of aromatic amines is 2. The van der Waals surface area contributed by atoms with Crippen molar-refractivity contribution in [3.63, 3.8) is 0 Å². The van der Waals surface area contributed by atoms with Crippen molar-refractivity contribution in [2.45, 2.75) is 20.1 Å². The van der Waals surface area contributed by atoms with Gasteiger partial charge in [0.15, 0.2) is 0 Å². The van der Waals surface area contributed by atoms with E-state index >= 15 is 0 Å². The zero-order valence-electron chi connectivity index (χ0n) is 21.1. The minimum absolute atomic E-state index is 0.507. The summed E-state index contributed by atoms with van der Waals surface area (Å²) in [6, 6.07) is 11.4. The number of H-pyrrole nitrogens is 2. The van der Waals surface area contributed by atoms with E-state index < -0.39 is 0 Å². The van der Waals surface area contributed by atoms with Gasteiger partial charge in [-0.1, -0.05) is 61.0 Å². The number of nitrogens with zero attached hydrogens (tertiary/aromatic N) is 5. The summed E-state index contributed by atoms with van der Waals surface area (Å²) in [5.41, 5.74) is 19.3. The predicted octanol–water partition coefficient (Wildman–Crippen LogP) is 6.51. The van der Waals surface area contributed by atoms with Crippen molar-refractivity contribution in [2.75, 3.05) is 11.5 Å². The van der Waals surface area contributed by atoms with Crippen LogP contribution in [0.3, 0.4) is 0 Å². The van der Waals surface area contributed by atoms with Crippen LogP contribution in [0.1, 0.15) is 11.1 Å². The molecule has 0 aromatic carbocycles. The molecule has 11 heteroatoms. The van der Waals surface area contributed by atoms with Crippen molar-refractivity contribution in [2.24, 2.45) is 0 Å². The maximum absolute atomic E-state index is 6.38. The molecular formula is C29H23N9S2. The summed E-state index contributed by atoms with van der Waals surface area (Å²) in [5, 5.41) is 3.03. The molecule has 0 fully saturated rings. The van der Waals surface area contributed by atoms with Crippen molar-refractivity contribution in [1.29, 1.82) is 0 Å². The van der Waals surface area contributed by atoms with E-state index in [4.69, 9.17) is 11.5 Å². The van der Waals surface area contributed by atoms with E-state index in [9.17, 15) is 0 Å². The van der Waals surface area contributed by atoms with Gasteiger partial charge in [-0.3, -0.25) is 15.0 Å². The molecule has 0 radical (unpaired) electrons. The Labute approximate surface area is 238 Å². The molecule has 196 valence electrons. The quantitative estimate of drug-likeness (QED) is 0.163. The largest absolute Gasteiger partial charge is 0.385 e. The lowest BCUT2D eigenvalue weighted by Crippen LogP contribution is -1.90. The Morgan fingerprint density at radius 1 is 0.675 bits per heavy atom. The third-order valence-corrected chi connectivity index (χ3v) is 8.31. The first kappa shape index (κ1) is 25.4. The topological polar surface area (TPSA) is 148 Å². The Hall–Kier alpha value is -4.87. The molecule has 0 saturated carbocycles. The van der Waals surface area contributed by atoms with E-state index in [2.05, 4.69) is 48.0 Å². The van der Waals surface area contributed by atoms with Gasteiger partial charge in [-0.05, 0) is 24.3 Å². The van der Waals surface area contributed by atoms with Gasteiger partial charge in [0.25, 0.3) is 0 Å². The van der Waals surface area contributed by atoms with Crippen LogP contribution >= 0.6 is 23.5 Å². The highest BCUT2D eigenvalue weighted by molar-refractivity contribution is 7.99. The van der Waals surface area contributed by atoms with Gasteiger partial charge in [-0.2, -0.15) is 0 Å². The first-order valence-corrected chi connectivity index (χ1v) is 13.8. The fourth-order valence-corrected chi connectivity index (χ4v) is 6.48. The summed E-state index contributed by atoms with van der Waals surface area (Å²) in [5.74, 6) is 1.01. The van der Waals surface area contributed by atoms with Crippen molar-refractivity contribution < 1.29 is 0 Å². The Bertz CT molecular complexity index is 1680. The summed E-state index contributed by atoms with van der Waals surface area (Å²) in [4.78, 5) is 29.2. The van der Waals surface area contributed by atoms with Gasteiger partial charge in [-0.15, -0.1) is 0 Å². The summed E-state index contributed by atoms with van der Waals surface area (Å²) in [6.07, 6.45) is 12.1. The monoisotopic (exact) mass is 561 g/mol. The fraction of sp³-hybridized carbons (Fsp3) is 0. The van der Waals surface area contributed by atoms with E-state index in [0.717, 1.165) is 54.8 Å². The average molecular weight is 562 g/mol. The van der Waals surface area contributed by atoms with Gasteiger partial charge < -0.3 is 21.4 Å². The SMILES string of the molecule is C=Cc1c(Sc2ncnc(Sc3[nH]c(N)c(-c4ccccn4)c3C=C)c3cncc2-3)[nH]c(N)c1-c1ccccn1. The number of nitrogens with one attached hydrogen (secondary N) is 2. The van der Waals surface area contributed by atoms with Crippen molar-refractivity contribution in [1.82, 2.24) is 34.9 Å². The first-order chi connectivity index (χ1) is 19.6. The molecule has 6 N–H and O–H groups in total. The molecule has 0 saturated heterocycles. The molecule has 4 aromatic heterocycles. The molecule has 0 atom stereocenters. The number of pyridine rings is 2. The van der Waals surface area contributed by atoms with Gasteiger partial charge in [0.05, 0.1) is 32.6 Å². The van der Waals surface area contributed by atoms with Crippen LogP contribution in [-0.4, -0.2) is 34.9 Å². The second kappa shape index (κ2) is 10.7. The van der Waals surface area contributed by atoms with E-state index in [1.54, 1.807) is 43.3 Å². The van der Waals surface area contributed by atoms with Crippen molar-refractivity contribution in [3.8, 4) is 33.6 Å². The normalized spacial score (nSPS) is 11.1. The Kier molecular flexibility index (Phi) is 6.81. The van der Waals surface area contributed by atoms with Crippen molar-refractivity contribution in [3.05, 3.63) is 91.8 Å². The second-order valence-electron chi connectivity index (χ2n) is 8.57. The van der Waals surface area contributed by atoms with E-state index in [-0.39, 0.29) is 0 Å². The lowest BCUT2D eigenvalue weighted by Gasteiger charge is -2.05. The van der Waals surface area contributed by atoms with Gasteiger partial charge in [-0.25, -0.2) is 9.97 Å². The van der Waals surface area contributed by atoms with E-state index in [1.165, 1.54) is 23.5 Å². The Morgan fingerprint density at radius 2 is 1.15 bits per heavy atom. The van der Waals surface area contributed by atoms with Crippen LogP contribution in [0.5, 0.6) is 0 Å². The molecule has 9 nitrogen and oxygen atoms in total. The van der Waals surface area contributed by atoms with Gasteiger partial charge in [0.1, 0.15) is 28.0 Å². The zero-order valence-corrected chi connectivity index (χ0v) is 22.8. The molecular weight excluding hydrogens is 539 g/mol. The molecule has 0 amide bonds.